The molecule has 1 saturated heterocycles. The van der Waals surface area contributed by atoms with Gasteiger partial charge in [0.05, 0.1) is 6.04 Å². The van der Waals surface area contributed by atoms with E-state index in [0.29, 0.717) is 6.04 Å². The molecule has 0 aromatic rings. The average Bonchev–Trinajstić information content (AvgIpc) is 2.56. The van der Waals surface area contributed by atoms with E-state index >= 15 is 0 Å². The van der Waals surface area contributed by atoms with Crippen molar-refractivity contribution in [1.29, 1.82) is 0 Å². The van der Waals surface area contributed by atoms with E-state index in [1.54, 1.807) is 7.05 Å². The van der Waals surface area contributed by atoms with E-state index in [1.165, 1.54) is 25.7 Å². The lowest BCUT2D eigenvalue weighted by Gasteiger charge is -2.30. The first kappa shape index (κ1) is 9.97. The molecule has 3 unspecified atom stereocenters. The molecule has 1 aliphatic heterocycles. The summed E-state index contributed by atoms with van der Waals surface area (Å²) < 4.78 is 0. The smallest absolute Gasteiger partial charge is 0.237 e. The lowest BCUT2D eigenvalue weighted by molar-refractivity contribution is -0.124. The first-order chi connectivity index (χ1) is 6.74. The van der Waals surface area contributed by atoms with Gasteiger partial charge < -0.3 is 5.32 Å². The number of hydrogen-bond donors (Lipinski definition) is 1. The van der Waals surface area contributed by atoms with Crippen LogP contribution in [-0.4, -0.2) is 37.0 Å². The van der Waals surface area contributed by atoms with Crippen molar-refractivity contribution < 1.29 is 4.79 Å². The summed E-state index contributed by atoms with van der Waals surface area (Å²) in [7, 11) is 3.84. The highest BCUT2D eigenvalue weighted by molar-refractivity contribution is 5.81. The molecule has 0 aromatic heterocycles. The Kier molecular flexibility index (Phi) is 2.77. The first-order valence-electron chi connectivity index (χ1n) is 5.67. The highest BCUT2D eigenvalue weighted by atomic mass is 16.2. The number of likely N-dealkylation sites (tertiary alicyclic amines) is 1. The minimum Gasteiger partial charge on any atom is -0.358 e. The predicted octanol–water partition coefficient (Wildman–Crippen LogP) is 0.995. The van der Waals surface area contributed by atoms with Crippen LogP contribution >= 0.6 is 0 Å². The molecule has 3 nitrogen and oxygen atoms in total. The fourth-order valence-corrected chi connectivity index (χ4v) is 3.14. The van der Waals surface area contributed by atoms with Crippen LogP contribution < -0.4 is 5.32 Å². The van der Waals surface area contributed by atoms with Gasteiger partial charge in [0.2, 0.25) is 5.91 Å². The van der Waals surface area contributed by atoms with Crippen LogP contribution in [0.5, 0.6) is 0 Å². The summed E-state index contributed by atoms with van der Waals surface area (Å²) >= 11 is 0. The third kappa shape index (κ3) is 1.54. The van der Waals surface area contributed by atoms with Crippen LogP contribution in [0, 0.1) is 5.92 Å². The van der Waals surface area contributed by atoms with Gasteiger partial charge in [-0.05, 0) is 32.2 Å². The third-order valence-corrected chi connectivity index (χ3v) is 3.96. The van der Waals surface area contributed by atoms with Crippen molar-refractivity contribution in [3.8, 4) is 0 Å². The van der Waals surface area contributed by atoms with Crippen LogP contribution in [0.2, 0.25) is 0 Å². The second-order valence-corrected chi connectivity index (χ2v) is 4.64. The normalized spacial score (nSPS) is 38.0. The maximum Gasteiger partial charge on any atom is 0.237 e. The van der Waals surface area contributed by atoms with E-state index < -0.39 is 0 Å². The Balaban J connectivity index is 2.06. The van der Waals surface area contributed by atoms with Gasteiger partial charge in [0.1, 0.15) is 0 Å². The largest absolute Gasteiger partial charge is 0.358 e. The van der Waals surface area contributed by atoms with Gasteiger partial charge >= 0.3 is 0 Å². The summed E-state index contributed by atoms with van der Waals surface area (Å²) in [5.74, 6) is 0.970. The molecule has 1 heterocycles. The molecule has 14 heavy (non-hydrogen) atoms. The summed E-state index contributed by atoms with van der Waals surface area (Å²) in [5.41, 5.74) is 0. The van der Waals surface area contributed by atoms with E-state index in [1.807, 2.05) is 0 Å². The van der Waals surface area contributed by atoms with Gasteiger partial charge in [0.15, 0.2) is 0 Å². The number of nitrogens with zero attached hydrogens (tertiary/aromatic N) is 1. The van der Waals surface area contributed by atoms with Crippen LogP contribution in [0.1, 0.15) is 32.1 Å². The molecule has 2 aliphatic rings. The van der Waals surface area contributed by atoms with E-state index in [9.17, 15) is 4.79 Å². The molecule has 0 radical (unpaired) electrons. The molecule has 1 amide bonds. The lowest BCUT2D eigenvalue weighted by atomic mass is 9.85. The Morgan fingerprint density at radius 2 is 2.07 bits per heavy atom. The Morgan fingerprint density at radius 3 is 2.71 bits per heavy atom. The highest BCUT2D eigenvalue weighted by Gasteiger charge is 2.42. The number of likely N-dealkylation sites (N-methyl/N-ethyl adjacent to an activating group) is 2. The van der Waals surface area contributed by atoms with E-state index in [-0.39, 0.29) is 11.9 Å². The van der Waals surface area contributed by atoms with Gasteiger partial charge in [-0.2, -0.15) is 0 Å². The number of rotatable bonds is 1. The van der Waals surface area contributed by atoms with Crippen LogP contribution in [0.4, 0.5) is 0 Å². The average molecular weight is 196 g/mol. The molecule has 1 saturated carbocycles. The van der Waals surface area contributed by atoms with Crippen molar-refractivity contribution in [3.63, 3.8) is 0 Å². The quantitative estimate of drug-likeness (QED) is 0.678. The van der Waals surface area contributed by atoms with Crippen molar-refractivity contribution >= 4 is 5.91 Å². The van der Waals surface area contributed by atoms with E-state index in [2.05, 4.69) is 17.3 Å². The van der Waals surface area contributed by atoms with Gasteiger partial charge in [-0.1, -0.05) is 12.8 Å². The van der Waals surface area contributed by atoms with Crippen LogP contribution in [0.25, 0.3) is 0 Å². The molecule has 0 spiro atoms. The van der Waals surface area contributed by atoms with Gasteiger partial charge in [0, 0.05) is 13.1 Å². The van der Waals surface area contributed by atoms with Crippen molar-refractivity contribution in [2.24, 2.45) is 5.92 Å². The fraction of sp³-hybridized carbons (Fsp3) is 0.909. The molecule has 0 aromatic carbocycles. The topological polar surface area (TPSA) is 32.3 Å². The minimum atomic E-state index is 0.132. The summed E-state index contributed by atoms with van der Waals surface area (Å²) in [4.78, 5) is 13.9. The Hall–Kier alpha value is -0.570. The number of fused-ring (bicyclic) bond motifs is 1. The summed E-state index contributed by atoms with van der Waals surface area (Å²) in [6, 6.07) is 0.805. The van der Waals surface area contributed by atoms with Crippen molar-refractivity contribution in [1.82, 2.24) is 10.2 Å². The maximum atomic E-state index is 11.6. The van der Waals surface area contributed by atoms with Crippen molar-refractivity contribution in [2.75, 3.05) is 14.1 Å². The molecular weight excluding hydrogens is 176 g/mol. The zero-order chi connectivity index (χ0) is 10.1. The number of amides is 1. The third-order valence-electron chi connectivity index (χ3n) is 3.96. The molecule has 2 fully saturated rings. The molecule has 3 heteroatoms. The van der Waals surface area contributed by atoms with Gasteiger partial charge in [-0.25, -0.2) is 0 Å². The standard InChI is InChI=1S/C11H20N2O/c1-12-11(14)10-7-8-5-3-4-6-9(8)13(10)2/h8-10H,3-7H2,1-2H3,(H,12,14). The van der Waals surface area contributed by atoms with Crippen LogP contribution in [-0.2, 0) is 4.79 Å². The minimum absolute atomic E-state index is 0.132. The van der Waals surface area contributed by atoms with Gasteiger partial charge in [-0.3, -0.25) is 9.69 Å². The Labute approximate surface area is 85.8 Å². The number of carbonyl (C=O) groups excluding carboxylic acids is 1. The first-order valence-corrected chi connectivity index (χ1v) is 5.67. The number of hydrogen-bond acceptors (Lipinski definition) is 2. The van der Waals surface area contributed by atoms with E-state index in [4.69, 9.17) is 0 Å². The zero-order valence-electron chi connectivity index (χ0n) is 9.12. The SMILES string of the molecule is CNC(=O)C1CC2CCCCC2N1C. The van der Waals surface area contributed by atoms with Gasteiger partial charge in [0.25, 0.3) is 0 Å². The van der Waals surface area contributed by atoms with Crippen LogP contribution in [0.3, 0.4) is 0 Å². The Bertz CT molecular complexity index is 229. The Morgan fingerprint density at radius 1 is 1.36 bits per heavy atom. The molecule has 2 rings (SSSR count). The monoisotopic (exact) mass is 196 g/mol. The lowest BCUT2D eigenvalue weighted by Crippen LogP contribution is -2.43. The molecule has 1 aliphatic carbocycles. The fourth-order valence-electron chi connectivity index (χ4n) is 3.14. The summed E-state index contributed by atoms with van der Waals surface area (Å²) in [5, 5.41) is 2.77. The highest BCUT2D eigenvalue weighted by Crippen LogP contribution is 2.38. The summed E-state index contributed by atoms with van der Waals surface area (Å²) in [6.07, 6.45) is 6.37. The molecule has 3 atom stereocenters. The summed E-state index contributed by atoms with van der Waals surface area (Å²) in [6.45, 7) is 0. The predicted molar refractivity (Wildman–Crippen MR) is 56.0 cm³/mol. The molecule has 0 bridgehead atoms. The van der Waals surface area contributed by atoms with Gasteiger partial charge in [-0.15, -0.1) is 0 Å². The zero-order valence-corrected chi connectivity index (χ0v) is 9.12. The number of carbonyl (C=O) groups is 1. The van der Waals surface area contributed by atoms with Crippen molar-refractivity contribution in [2.45, 2.75) is 44.2 Å². The molecule has 1 N–H and O–H groups in total. The number of nitrogens with one attached hydrogen (secondary N) is 1. The van der Waals surface area contributed by atoms with Crippen molar-refractivity contribution in [3.05, 3.63) is 0 Å². The second kappa shape index (κ2) is 3.89. The maximum absolute atomic E-state index is 11.6. The second-order valence-electron chi connectivity index (χ2n) is 4.64. The molecule has 80 valence electrons. The van der Waals surface area contributed by atoms with Crippen LogP contribution in [0.15, 0.2) is 0 Å². The van der Waals surface area contributed by atoms with E-state index in [0.717, 1.165) is 12.3 Å². The molecular formula is C11H20N2O.